The third kappa shape index (κ3) is 4.30. The van der Waals surface area contributed by atoms with Crippen molar-refractivity contribution in [1.82, 2.24) is 8.61 Å². The Kier molecular flexibility index (Phi) is 6.24. The molecule has 2 aromatic rings. The van der Waals surface area contributed by atoms with Gasteiger partial charge >= 0.3 is 0 Å². The molecular formula is C20H26N2O4S2. The van der Waals surface area contributed by atoms with Gasteiger partial charge in [0.1, 0.15) is 0 Å². The molecule has 1 aliphatic carbocycles. The summed E-state index contributed by atoms with van der Waals surface area (Å²) >= 11 is 0. The molecule has 0 bridgehead atoms. The molecule has 0 N–H and O–H groups in total. The van der Waals surface area contributed by atoms with Crippen LogP contribution in [0.15, 0.2) is 64.4 Å². The number of sulfonamides is 2. The van der Waals surface area contributed by atoms with Gasteiger partial charge in [-0.2, -0.15) is 8.61 Å². The van der Waals surface area contributed by atoms with Gasteiger partial charge in [-0.15, -0.1) is 0 Å². The Morgan fingerprint density at radius 3 is 1.75 bits per heavy atom. The van der Waals surface area contributed by atoms with Crippen LogP contribution in [0.1, 0.15) is 32.3 Å². The average Bonchev–Trinajstić information content (AvgIpc) is 3.52. The Morgan fingerprint density at radius 1 is 0.786 bits per heavy atom. The van der Waals surface area contributed by atoms with Crippen LogP contribution in [-0.4, -0.2) is 44.6 Å². The monoisotopic (exact) mass is 422 g/mol. The molecule has 6 nitrogen and oxygen atoms in total. The van der Waals surface area contributed by atoms with Crippen LogP contribution in [0, 0.1) is 0 Å². The van der Waals surface area contributed by atoms with E-state index in [9.17, 15) is 16.8 Å². The van der Waals surface area contributed by atoms with E-state index in [0.717, 1.165) is 18.4 Å². The molecular weight excluding hydrogens is 396 g/mol. The molecule has 0 amide bonds. The molecule has 0 radical (unpaired) electrons. The van der Waals surface area contributed by atoms with Crippen molar-refractivity contribution in [2.24, 2.45) is 0 Å². The van der Waals surface area contributed by atoms with E-state index in [1.54, 1.807) is 13.8 Å². The number of benzene rings is 2. The van der Waals surface area contributed by atoms with E-state index >= 15 is 0 Å². The van der Waals surface area contributed by atoms with Gasteiger partial charge in [0.05, 0.1) is 9.79 Å². The highest BCUT2D eigenvalue weighted by molar-refractivity contribution is 7.89. The van der Waals surface area contributed by atoms with Crippen LogP contribution >= 0.6 is 0 Å². The van der Waals surface area contributed by atoms with E-state index < -0.39 is 20.0 Å². The van der Waals surface area contributed by atoms with E-state index in [1.165, 1.54) is 32.9 Å². The predicted octanol–water partition coefficient (Wildman–Crippen LogP) is 3.07. The number of hydrogen-bond donors (Lipinski definition) is 0. The second-order valence-electron chi connectivity index (χ2n) is 6.83. The molecule has 0 heterocycles. The molecule has 0 aromatic heterocycles. The van der Waals surface area contributed by atoms with Crippen molar-refractivity contribution < 1.29 is 16.8 Å². The maximum Gasteiger partial charge on any atom is 0.243 e. The van der Waals surface area contributed by atoms with E-state index in [1.807, 2.05) is 30.3 Å². The van der Waals surface area contributed by atoms with Gasteiger partial charge in [-0.25, -0.2) is 16.8 Å². The Labute approximate surface area is 167 Å². The largest absolute Gasteiger partial charge is 0.243 e. The molecule has 0 saturated heterocycles. The Balaban J connectivity index is 1.89. The molecule has 1 aliphatic rings. The van der Waals surface area contributed by atoms with E-state index in [0.29, 0.717) is 19.6 Å². The number of hydrogen-bond acceptors (Lipinski definition) is 4. The minimum absolute atomic E-state index is 0.00397. The first-order valence-electron chi connectivity index (χ1n) is 9.46. The van der Waals surface area contributed by atoms with Gasteiger partial charge in [-0.05, 0) is 42.7 Å². The highest BCUT2D eigenvalue weighted by Gasteiger charge is 2.38. The van der Waals surface area contributed by atoms with Gasteiger partial charge in [0.15, 0.2) is 0 Å². The third-order valence-corrected chi connectivity index (χ3v) is 8.89. The smallest absolute Gasteiger partial charge is 0.207 e. The van der Waals surface area contributed by atoms with Crippen LogP contribution in [0.2, 0.25) is 0 Å². The Bertz CT molecular complexity index is 996. The molecule has 3 rings (SSSR count). The van der Waals surface area contributed by atoms with Crippen LogP contribution in [0.3, 0.4) is 0 Å². The highest BCUT2D eigenvalue weighted by atomic mass is 32.2. The van der Waals surface area contributed by atoms with Crippen LogP contribution in [-0.2, 0) is 26.6 Å². The number of nitrogens with zero attached hydrogens (tertiary/aromatic N) is 2. The fraction of sp³-hybridized carbons (Fsp3) is 0.400. The maximum atomic E-state index is 13.2. The maximum absolute atomic E-state index is 13.2. The first-order valence-corrected chi connectivity index (χ1v) is 12.3. The van der Waals surface area contributed by atoms with E-state index in [2.05, 4.69) is 0 Å². The van der Waals surface area contributed by atoms with E-state index in [-0.39, 0.29) is 15.8 Å². The van der Waals surface area contributed by atoms with Gasteiger partial charge in [0.25, 0.3) is 0 Å². The third-order valence-electron chi connectivity index (χ3n) is 4.91. The fourth-order valence-electron chi connectivity index (χ4n) is 3.17. The second kappa shape index (κ2) is 8.32. The summed E-state index contributed by atoms with van der Waals surface area (Å²) in [7, 11) is -7.32. The zero-order valence-corrected chi connectivity index (χ0v) is 17.8. The topological polar surface area (TPSA) is 74.8 Å². The van der Waals surface area contributed by atoms with Crippen molar-refractivity contribution >= 4 is 20.0 Å². The van der Waals surface area contributed by atoms with Gasteiger partial charge in [0.2, 0.25) is 20.0 Å². The second-order valence-corrected chi connectivity index (χ2v) is 10.7. The molecule has 0 aliphatic heterocycles. The highest BCUT2D eigenvalue weighted by Crippen LogP contribution is 2.33. The van der Waals surface area contributed by atoms with Crippen molar-refractivity contribution in [3.05, 3.63) is 60.2 Å². The van der Waals surface area contributed by atoms with Crippen molar-refractivity contribution in [2.45, 2.75) is 49.1 Å². The van der Waals surface area contributed by atoms with Crippen molar-refractivity contribution in [2.75, 3.05) is 13.1 Å². The molecule has 0 spiro atoms. The van der Waals surface area contributed by atoms with Gasteiger partial charge < -0.3 is 0 Å². The molecule has 0 atom stereocenters. The summed E-state index contributed by atoms with van der Waals surface area (Å²) in [5, 5.41) is 0. The standard InChI is InChI=1S/C20H26N2O4S2/c1-3-21(4-2)27(23,24)19-12-14-20(15-13-19)28(25,26)22(18-10-11-18)16-17-8-6-5-7-9-17/h5-9,12-15,18H,3-4,10-11,16H2,1-2H3. The SMILES string of the molecule is CCN(CC)S(=O)(=O)c1ccc(S(=O)(=O)N(Cc2ccccc2)C2CC2)cc1. The summed E-state index contributed by atoms with van der Waals surface area (Å²) in [5.41, 5.74) is 0.929. The summed E-state index contributed by atoms with van der Waals surface area (Å²) in [4.78, 5) is 0.227. The molecule has 1 saturated carbocycles. The molecule has 0 unspecified atom stereocenters. The van der Waals surface area contributed by atoms with Gasteiger partial charge in [0, 0.05) is 25.7 Å². The van der Waals surface area contributed by atoms with Gasteiger partial charge in [-0.1, -0.05) is 44.2 Å². The minimum atomic E-state index is -3.70. The lowest BCUT2D eigenvalue weighted by Crippen LogP contribution is -2.33. The zero-order valence-electron chi connectivity index (χ0n) is 16.2. The normalized spacial score (nSPS) is 15.3. The van der Waals surface area contributed by atoms with Crippen molar-refractivity contribution in [1.29, 1.82) is 0 Å². The molecule has 152 valence electrons. The summed E-state index contributed by atoms with van der Waals surface area (Å²) < 4.78 is 54.5. The minimum Gasteiger partial charge on any atom is -0.207 e. The molecule has 2 aromatic carbocycles. The lowest BCUT2D eigenvalue weighted by molar-refractivity contribution is 0.398. The number of rotatable bonds is 9. The zero-order chi connectivity index (χ0) is 20.4. The van der Waals surface area contributed by atoms with Crippen LogP contribution in [0.5, 0.6) is 0 Å². The Morgan fingerprint density at radius 2 is 1.29 bits per heavy atom. The Hall–Kier alpha value is -1.74. The average molecular weight is 423 g/mol. The van der Waals surface area contributed by atoms with Gasteiger partial charge in [-0.3, -0.25) is 0 Å². The molecule has 28 heavy (non-hydrogen) atoms. The summed E-state index contributed by atoms with van der Waals surface area (Å²) in [6.45, 7) is 4.60. The first kappa shape index (κ1) is 21.0. The fourth-order valence-corrected chi connectivity index (χ4v) is 6.30. The summed E-state index contributed by atoms with van der Waals surface area (Å²) in [5.74, 6) is 0. The summed E-state index contributed by atoms with van der Waals surface area (Å²) in [6, 6.07) is 15.0. The van der Waals surface area contributed by atoms with E-state index in [4.69, 9.17) is 0 Å². The van der Waals surface area contributed by atoms with Crippen LogP contribution < -0.4 is 0 Å². The molecule has 8 heteroatoms. The predicted molar refractivity (Wildman–Crippen MR) is 109 cm³/mol. The summed E-state index contributed by atoms with van der Waals surface area (Å²) in [6.07, 6.45) is 1.70. The van der Waals surface area contributed by atoms with Crippen LogP contribution in [0.4, 0.5) is 0 Å². The lowest BCUT2D eigenvalue weighted by Gasteiger charge is -2.22. The van der Waals surface area contributed by atoms with Crippen LogP contribution in [0.25, 0.3) is 0 Å². The van der Waals surface area contributed by atoms with Crippen molar-refractivity contribution in [3.8, 4) is 0 Å². The van der Waals surface area contributed by atoms with Crippen molar-refractivity contribution in [3.63, 3.8) is 0 Å². The lowest BCUT2D eigenvalue weighted by atomic mass is 10.2. The molecule has 1 fully saturated rings. The first-order chi connectivity index (χ1) is 13.3. The quantitative estimate of drug-likeness (QED) is 0.622.